The van der Waals surface area contributed by atoms with Crippen molar-refractivity contribution in [2.45, 2.75) is 38.4 Å². The molecule has 0 atom stereocenters. The minimum Gasteiger partial charge on any atom is -0.306 e. The molecular weight excluding hydrogens is 414 g/mol. The SMILES string of the molecule is CN(Cc1ccc2nc(Cn3cc(-c4cc(C#N)cc5[nH]ncc45)nn3)cn2c1)C1CCC1. The highest BCUT2D eigenvalue weighted by Crippen LogP contribution is 2.28. The van der Waals surface area contributed by atoms with Crippen molar-refractivity contribution in [1.82, 2.24) is 39.5 Å². The monoisotopic (exact) mass is 437 g/mol. The molecule has 0 radical (unpaired) electrons. The molecule has 1 saturated carbocycles. The summed E-state index contributed by atoms with van der Waals surface area (Å²) in [5.74, 6) is 0. The second-order valence-electron chi connectivity index (χ2n) is 8.80. The van der Waals surface area contributed by atoms with E-state index in [2.05, 4.69) is 61.3 Å². The molecule has 0 spiro atoms. The fourth-order valence-corrected chi connectivity index (χ4v) is 4.50. The number of fused-ring (bicyclic) bond motifs is 2. The summed E-state index contributed by atoms with van der Waals surface area (Å²) < 4.78 is 3.86. The third kappa shape index (κ3) is 3.64. The van der Waals surface area contributed by atoms with E-state index in [1.54, 1.807) is 16.9 Å². The van der Waals surface area contributed by atoms with Gasteiger partial charge in [0.05, 0.1) is 41.8 Å². The smallest absolute Gasteiger partial charge is 0.137 e. The summed E-state index contributed by atoms with van der Waals surface area (Å²) in [6, 6.07) is 10.7. The van der Waals surface area contributed by atoms with Crippen LogP contribution in [0.1, 0.15) is 36.1 Å². The van der Waals surface area contributed by atoms with Gasteiger partial charge in [-0.1, -0.05) is 17.7 Å². The van der Waals surface area contributed by atoms with Crippen molar-refractivity contribution in [3.8, 4) is 17.3 Å². The van der Waals surface area contributed by atoms with Gasteiger partial charge in [-0.15, -0.1) is 5.10 Å². The van der Waals surface area contributed by atoms with Gasteiger partial charge in [0.1, 0.15) is 11.3 Å². The fraction of sp³-hybridized carbons (Fsp3) is 0.292. The van der Waals surface area contributed by atoms with Crippen LogP contribution in [0.15, 0.2) is 49.1 Å². The van der Waals surface area contributed by atoms with Crippen LogP contribution in [0, 0.1) is 11.3 Å². The lowest BCUT2D eigenvalue weighted by atomic mass is 9.92. The Hall–Kier alpha value is -4.03. The Morgan fingerprint density at radius 3 is 2.94 bits per heavy atom. The maximum atomic E-state index is 9.35. The molecule has 0 aliphatic heterocycles. The molecule has 164 valence electrons. The lowest BCUT2D eigenvalue weighted by molar-refractivity contribution is 0.152. The first-order chi connectivity index (χ1) is 16.2. The molecule has 0 bridgehead atoms. The van der Waals surface area contributed by atoms with Gasteiger partial charge >= 0.3 is 0 Å². The molecule has 1 aromatic carbocycles. The van der Waals surface area contributed by atoms with Gasteiger partial charge in [0.25, 0.3) is 0 Å². The number of nitriles is 1. The maximum absolute atomic E-state index is 9.35. The quantitative estimate of drug-likeness (QED) is 0.437. The largest absolute Gasteiger partial charge is 0.306 e. The molecule has 4 aromatic heterocycles. The van der Waals surface area contributed by atoms with Crippen molar-refractivity contribution in [3.05, 3.63) is 65.9 Å². The summed E-state index contributed by atoms with van der Waals surface area (Å²) in [5.41, 5.74) is 6.00. The molecule has 1 fully saturated rings. The Labute approximate surface area is 190 Å². The highest BCUT2D eigenvalue weighted by atomic mass is 15.4. The molecule has 0 unspecified atom stereocenters. The van der Waals surface area contributed by atoms with Gasteiger partial charge < -0.3 is 4.40 Å². The summed E-state index contributed by atoms with van der Waals surface area (Å²) in [4.78, 5) is 7.19. The van der Waals surface area contributed by atoms with Crippen LogP contribution in [0.25, 0.3) is 27.8 Å². The van der Waals surface area contributed by atoms with Crippen LogP contribution in [0.3, 0.4) is 0 Å². The summed E-state index contributed by atoms with van der Waals surface area (Å²) in [6.07, 6.45) is 11.8. The third-order valence-corrected chi connectivity index (χ3v) is 6.52. The van der Waals surface area contributed by atoms with Crippen LogP contribution in [0.5, 0.6) is 0 Å². The third-order valence-electron chi connectivity index (χ3n) is 6.52. The van der Waals surface area contributed by atoms with Crippen LogP contribution in [0.4, 0.5) is 0 Å². The van der Waals surface area contributed by atoms with Crippen LogP contribution in [0.2, 0.25) is 0 Å². The van der Waals surface area contributed by atoms with Crippen molar-refractivity contribution in [2.24, 2.45) is 0 Å². The Bertz CT molecular complexity index is 1500. The molecule has 9 nitrogen and oxygen atoms in total. The zero-order chi connectivity index (χ0) is 22.4. The number of aromatic amines is 1. The summed E-state index contributed by atoms with van der Waals surface area (Å²) in [6.45, 7) is 1.46. The first-order valence-electron chi connectivity index (χ1n) is 11.1. The number of aromatic nitrogens is 7. The number of benzene rings is 1. The molecule has 6 rings (SSSR count). The molecule has 9 heteroatoms. The summed E-state index contributed by atoms with van der Waals surface area (Å²) in [7, 11) is 2.21. The average Bonchev–Trinajstić information content (AvgIpc) is 3.50. The highest BCUT2D eigenvalue weighted by molar-refractivity contribution is 5.94. The Kier molecular flexibility index (Phi) is 4.66. The maximum Gasteiger partial charge on any atom is 0.137 e. The normalized spacial score (nSPS) is 14.2. The lowest BCUT2D eigenvalue weighted by Crippen LogP contribution is -2.36. The van der Waals surface area contributed by atoms with Gasteiger partial charge in [0, 0.05) is 35.9 Å². The molecule has 1 aliphatic carbocycles. The van der Waals surface area contributed by atoms with Crippen molar-refractivity contribution in [1.29, 1.82) is 5.26 Å². The van der Waals surface area contributed by atoms with Crippen LogP contribution in [-0.4, -0.2) is 52.6 Å². The number of hydrogen-bond acceptors (Lipinski definition) is 6. The van der Waals surface area contributed by atoms with E-state index in [0.717, 1.165) is 40.4 Å². The Morgan fingerprint density at radius 1 is 1.21 bits per heavy atom. The second kappa shape index (κ2) is 7.83. The second-order valence-corrected chi connectivity index (χ2v) is 8.80. The zero-order valence-corrected chi connectivity index (χ0v) is 18.3. The predicted molar refractivity (Wildman–Crippen MR) is 123 cm³/mol. The molecule has 0 amide bonds. The molecule has 1 N–H and O–H groups in total. The van der Waals surface area contributed by atoms with E-state index in [1.165, 1.54) is 24.8 Å². The fourth-order valence-electron chi connectivity index (χ4n) is 4.50. The van der Waals surface area contributed by atoms with E-state index in [4.69, 9.17) is 4.98 Å². The van der Waals surface area contributed by atoms with E-state index >= 15 is 0 Å². The first kappa shape index (κ1) is 19.6. The standard InChI is InChI=1S/C24H23N9/c1-31(19-3-2-4-19)11-16-5-6-24-27-18(13-32(24)12-16)14-33-15-23(29-30-33)20-7-17(9-25)8-22-21(20)10-26-28-22/h5-8,10,12-13,15,19H,2-4,11,14H2,1H3,(H,26,28). The van der Waals surface area contributed by atoms with Gasteiger partial charge in [0.15, 0.2) is 0 Å². The molecule has 5 aromatic rings. The van der Waals surface area contributed by atoms with Gasteiger partial charge in [-0.3, -0.25) is 10.00 Å². The number of nitrogens with one attached hydrogen (secondary N) is 1. The molecule has 0 saturated heterocycles. The molecular formula is C24H23N9. The van der Waals surface area contributed by atoms with E-state index in [-0.39, 0.29) is 0 Å². The van der Waals surface area contributed by atoms with Crippen LogP contribution >= 0.6 is 0 Å². The molecule has 33 heavy (non-hydrogen) atoms. The highest BCUT2D eigenvalue weighted by Gasteiger charge is 2.22. The van der Waals surface area contributed by atoms with Crippen molar-refractivity contribution in [2.75, 3.05) is 7.05 Å². The van der Waals surface area contributed by atoms with Crippen molar-refractivity contribution >= 4 is 16.6 Å². The van der Waals surface area contributed by atoms with E-state index < -0.39 is 0 Å². The van der Waals surface area contributed by atoms with Gasteiger partial charge in [0.2, 0.25) is 0 Å². The van der Waals surface area contributed by atoms with Crippen LogP contribution < -0.4 is 0 Å². The number of H-pyrrole nitrogens is 1. The topological polar surface area (TPSA) is 104 Å². The van der Waals surface area contributed by atoms with Gasteiger partial charge in [-0.2, -0.15) is 10.4 Å². The van der Waals surface area contributed by atoms with E-state index in [0.29, 0.717) is 17.8 Å². The first-order valence-corrected chi connectivity index (χ1v) is 11.1. The minimum absolute atomic E-state index is 0.512. The summed E-state index contributed by atoms with van der Waals surface area (Å²) >= 11 is 0. The minimum atomic E-state index is 0.512. The number of pyridine rings is 1. The van der Waals surface area contributed by atoms with Gasteiger partial charge in [-0.25, -0.2) is 9.67 Å². The number of hydrogen-bond donors (Lipinski definition) is 1. The van der Waals surface area contributed by atoms with Crippen molar-refractivity contribution in [3.63, 3.8) is 0 Å². The van der Waals surface area contributed by atoms with Crippen LogP contribution in [-0.2, 0) is 13.1 Å². The van der Waals surface area contributed by atoms with E-state index in [9.17, 15) is 5.26 Å². The molecule has 4 heterocycles. The lowest BCUT2D eigenvalue weighted by Gasteiger charge is -2.34. The van der Waals surface area contributed by atoms with Crippen molar-refractivity contribution < 1.29 is 0 Å². The number of imidazole rings is 1. The zero-order valence-electron chi connectivity index (χ0n) is 18.3. The Balaban J connectivity index is 1.24. The molecule has 1 aliphatic rings. The van der Waals surface area contributed by atoms with E-state index in [1.807, 2.05) is 18.5 Å². The number of nitrogens with zero attached hydrogens (tertiary/aromatic N) is 8. The Morgan fingerprint density at radius 2 is 2.12 bits per heavy atom. The average molecular weight is 438 g/mol. The predicted octanol–water partition coefficient (Wildman–Crippen LogP) is 3.37. The van der Waals surface area contributed by atoms with Gasteiger partial charge in [-0.05, 0) is 43.7 Å². The number of rotatable bonds is 6. The summed E-state index contributed by atoms with van der Waals surface area (Å²) in [5, 5.41) is 25.9.